The van der Waals surface area contributed by atoms with Crippen molar-refractivity contribution in [2.45, 2.75) is 87.6 Å². The molecule has 0 aromatic carbocycles. The third-order valence-corrected chi connectivity index (χ3v) is 3.63. The summed E-state index contributed by atoms with van der Waals surface area (Å²) < 4.78 is 0. The minimum Gasteiger partial charge on any atom is -0.870 e. The van der Waals surface area contributed by atoms with Crippen LogP contribution in [0.5, 0.6) is 0 Å². The van der Waals surface area contributed by atoms with Crippen molar-refractivity contribution in [3.8, 4) is 6.07 Å². The van der Waals surface area contributed by atoms with Crippen LogP contribution in [0.3, 0.4) is 0 Å². The van der Waals surface area contributed by atoms with E-state index in [2.05, 4.69) is 15.7 Å². The summed E-state index contributed by atoms with van der Waals surface area (Å²) in [6.07, 6.45) is 0. The number of nitrogens with zero attached hydrogens (tertiary/aromatic N) is 1. The van der Waals surface area contributed by atoms with Gasteiger partial charge in [-0.05, 0) is 62.0 Å². The molecule has 0 aromatic heterocycles. The third-order valence-electron chi connectivity index (χ3n) is 3.63. The number of carbonyl (C=O) groups is 4. The van der Waals surface area contributed by atoms with Gasteiger partial charge in [0.15, 0.2) is 0 Å². The first kappa shape index (κ1) is 52.7. The number of rotatable bonds is 10. The first-order chi connectivity index (χ1) is 15.3. The van der Waals surface area contributed by atoms with Crippen molar-refractivity contribution >= 4 is 44.7 Å². The molecule has 37 heavy (non-hydrogen) atoms. The van der Waals surface area contributed by atoms with Gasteiger partial charge in [-0.2, -0.15) is 5.26 Å². The van der Waals surface area contributed by atoms with Gasteiger partial charge in [-0.15, -0.1) is 0 Å². The van der Waals surface area contributed by atoms with Gasteiger partial charge in [0.25, 0.3) is 0 Å². The third kappa shape index (κ3) is 45.6. The van der Waals surface area contributed by atoms with E-state index in [-0.39, 0.29) is 81.9 Å². The summed E-state index contributed by atoms with van der Waals surface area (Å²) in [6.45, 7) is 13.7. The maximum Gasteiger partial charge on any atom is 1.00 e. The van der Waals surface area contributed by atoms with E-state index in [0.717, 1.165) is 0 Å². The van der Waals surface area contributed by atoms with Crippen LogP contribution in [0.2, 0.25) is 20.5 Å². The van der Waals surface area contributed by atoms with E-state index in [4.69, 9.17) is 30.5 Å². The normalized spacial score (nSPS) is 11.6. The number of Topliss-reactive ketones (excluding diaryl/α,β-unsaturated/α-hetero) is 2. The van der Waals surface area contributed by atoms with Gasteiger partial charge in [-0.25, -0.2) is 0 Å². The molecule has 0 spiro atoms. The minimum atomic E-state index is -0.962. The number of nitrogens with one attached hydrogen (secondary N) is 3. The summed E-state index contributed by atoms with van der Waals surface area (Å²) in [7, 11) is -2.14. The first-order valence-corrected chi connectivity index (χ1v) is 10.5. The average molecular weight is 560 g/mol. The van der Waals surface area contributed by atoms with E-state index < -0.39 is 51.1 Å². The van der Waals surface area contributed by atoms with E-state index in [1.54, 1.807) is 20.7 Å². The van der Waals surface area contributed by atoms with Crippen molar-refractivity contribution < 1.29 is 101 Å². The molecule has 0 bridgehead atoms. The maximum absolute atomic E-state index is 10.5. The van der Waals surface area contributed by atoms with Crippen LogP contribution in [-0.2, 0) is 19.2 Å². The summed E-state index contributed by atoms with van der Waals surface area (Å²) in [5, 5.41) is 57.9. The number of hydrogen-bond acceptors (Lipinski definition) is 12. The zero-order chi connectivity index (χ0) is 28.2. The zero-order valence-corrected chi connectivity index (χ0v) is 25.9. The largest absolute Gasteiger partial charge is 1.00 e. The van der Waals surface area contributed by atoms with E-state index >= 15 is 0 Å². The van der Waals surface area contributed by atoms with Gasteiger partial charge >= 0.3 is 84.5 Å². The quantitative estimate of drug-likeness (QED) is 0.119. The first-order valence-electron chi connectivity index (χ1n) is 10.5. The van der Waals surface area contributed by atoms with Gasteiger partial charge < -0.3 is 46.4 Å². The summed E-state index contributed by atoms with van der Waals surface area (Å²) in [5.74, 6) is -2.38. The number of aliphatic carboxylic acids is 2. The molecule has 0 aliphatic rings. The van der Waals surface area contributed by atoms with E-state index in [9.17, 15) is 19.2 Å². The molecule has 14 nitrogen and oxygen atoms in total. The van der Waals surface area contributed by atoms with Crippen LogP contribution in [0.1, 0.15) is 49.0 Å². The molecule has 210 valence electrons. The Balaban J connectivity index is -0.0000000634. The molecule has 9 N–H and O–H groups in total. The SMILES string of the molecule is C.CB(O)NC(C)C(=O)O.CB(O)NC(C)C(=O)O.CB(O)NC(C)C(C)=O.CC(=O)C(C)C#N.[K+].[OH-]. The number of carboxylic acid groups (broad SMARTS) is 2. The Morgan fingerprint density at radius 2 is 0.946 bits per heavy atom. The van der Waals surface area contributed by atoms with Gasteiger partial charge in [0.05, 0.1) is 24.2 Å². The molecule has 0 aromatic rings. The van der Waals surface area contributed by atoms with E-state index in [1.165, 1.54) is 41.3 Å². The van der Waals surface area contributed by atoms with Gasteiger partial charge in [-0.1, -0.05) is 7.43 Å². The summed E-state index contributed by atoms with van der Waals surface area (Å²) >= 11 is 0. The van der Waals surface area contributed by atoms with Crippen LogP contribution in [0.15, 0.2) is 0 Å². The topological polar surface area (TPSA) is 259 Å². The number of carboxylic acids is 2. The van der Waals surface area contributed by atoms with Gasteiger partial charge in [0, 0.05) is 0 Å². The standard InChI is InChI=1S/C5H12BNO2.C5H7NO.2C4H10BNO3.CH4.K.H2O/c1-4(5(2)8)7-6(3)9;1-4(3-6)5(2)7;2*1-3(4(7)8)6-5(2)9;;;/h4,7,9H,1-3H3;4H,1-2H3;2*3,6,9H,1-2H3,(H,7,8);1H4;;1H2/q;;;;;+1;/p-1. The second kappa shape index (κ2) is 31.5. The molecule has 0 heterocycles. The van der Waals surface area contributed by atoms with Gasteiger partial charge in [0.1, 0.15) is 17.5 Å². The van der Waals surface area contributed by atoms with Crippen molar-refractivity contribution in [1.29, 1.82) is 5.26 Å². The molecule has 0 saturated carbocycles. The summed E-state index contributed by atoms with van der Waals surface area (Å²) in [6, 6.07) is 0.190. The fourth-order valence-electron chi connectivity index (χ4n) is 1.44. The Morgan fingerprint density at radius 1 is 0.703 bits per heavy atom. The van der Waals surface area contributed by atoms with Crippen molar-refractivity contribution in [1.82, 2.24) is 15.7 Å². The van der Waals surface area contributed by atoms with Crippen LogP contribution in [-0.4, -0.2) is 93.5 Å². The molecule has 0 amide bonds. The molecular weight excluding hydrogens is 516 g/mol. The van der Waals surface area contributed by atoms with Gasteiger partial charge in [0.2, 0.25) is 0 Å². The van der Waals surface area contributed by atoms with E-state index in [1.807, 2.05) is 6.07 Å². The molecule has 0 rings (SSSR count). The average Bonchev–Trinajstić information content (AvgIpc) is 2.66. The smallest absolute Gasteiger partial charge is 0.870 e. The van der Waals surface area contributed by atoms with E-state index in [0.29, 0.717) is 0 Å². The molecule has 4 unspecified atom stereocenters. The number of hydrogen-bond donors (Lipinski definition) is 8. The Hall–Kier alpha value is -0.679. The molecular formula is C19H44B3KN4O10. The maximum atomic E-state index is 10.5. The van der Waals surface area contributed by atoms with Crippen LogP contribution in [0, 0.1) is 17.2 Å². The molecule has 0 fully saturated rings. The van der Waals surface area contributed by atoms with Crippen LogP contribution in [0.4, 0.5) is 0 Å². The Bertz CT molecular complexity index is 594. The molecule has 4 atom stereocenters. The second-order valence-corrected chi connectivity index (χ2v) is 7.44. The Morgan fingerprint density at radius 3 is 1.00 bits per heavy atom. The monoisotopic (exact) mass is 560 g/mol. The molecule has 0 radical (unpaired) electrons. The summed E-state index contributed by atoms with van der Waals surface area (Å²) in [5.41, 5.74) is 0. The van der Waals surface area contributed by atoms with Crippen LogP contribution < -0.4 is 67.1 Å². The van der Waals surface area contributed by atoms with Crippen molar-refractivity contribution in [3.63, 3.8) is 0 Å². The second-order valence-electron chi connectivity index (χ2n) is 7.44. The van der Waals surface area contributed by atoms with Crippen LogP contribution in [0.25, 0.3) is 0 Å². The van der Waals surface area contributed by atoms with Crippen molar-refractivity contribution in [2.24, 2.45) is 5.92 Å². The number of ketones is 2. The number of carbonyl (C=O) groups excluding carboxylic acids is 2. The van der Waals surface area contributed by atoms with Crippen molar-refractivity contribution in [2.75, 3.05) is 0 Å². The molecule has 0 aliphatic heterocycles. The zero-order valence-electron chi connectivity index (χ0n) is 22.8. The minimum absolute atomic E-state index is 0. The predicted molar refractivity (Wildman–Crippen MR) is 139 cm³/mol. The molecule has 18 heteroatoms. The van der Waals surface area contributed by atoms with Crippen molar-refractivity contribution in [3.05, 3.63) is 0 Å². The Kier molecular flexibility index (Phi) is 44.9. The fraction of sp³-hybridized carbons (Fsp3) is 0.737. The fourth-order valence-corrected chi connectivity index (χ4v) is 1.44. The predicted octanol–water partition coefficient (Wildman–Crippen LogP) is -3.82. The van der Waals surface area contributed by atoms with Gasteiger partial charge in [-0.3, -0.25) is 19.2 Å². The van der Waals surface area contributed by atoms with Crippen LogP contribution >= 0.6 is 0 Å². The molecule has 0 saturated heterocycles. The summed E-state index contributed by atoms with van der Waals surface area (Å²) in [4.78, 5) is 40.8. The molecule has 0 aliphatic carbocycles. The number of nitriles is 1. The Labute approximate surface area is 264 Å².